The Morgan fingerprint density at radius 3 is 2.60 bits per heavy atom. The van der Waals surface area contributed by atoms with Crippen molar-refractivity contribution in [2.75, 3.05) is 0 Å². The third kappa shape index (κ3) is 1.48. The second kappa shape index (κ2) is 3.22. The second-order valence-electron chi connectivity index (χ2n) is 1.92. The number of rotatable bonds is 2. The average Bonchev–Trinajstić information content (AvgIpc) is 2.05. The molecule has 1 unspecified atom stereocenters. The van der Waals surface area contributed by atoms with Crippen molar-refractivity contribution in [3.63, 3.8) is 0 Å². The Hall–Kier alpha value is -1.03. The van der Waals surface area contributed by atoms with E-state index in [2.05, 4.69) is 15.0 Å². The van der Waals surface area contributed by atoms with E-state index in [1.54, 1.807) is 0 Å². The van der Waals surface area contributed by atoms with Crippen LogP contribution in [0.15, 0.2) is 12.7 Å². The van der Waals surface area contributed by atoms with Gasteiger partial charge in [0.2, 0.25) is 0 Å². The molecule has 0 saturated heterocycles. The minimum Gasteiger partial charge on any atom is -0.385 e. The number of aliphatic hydroxyl groups excluding tert-OH is 1. The molecule has 0 bridgehead atoms. The van der Waals surface area contributed by atoms with Gasteiger partial charge in [-0.1, -0.05) is 6.92 Å². The van der Waals surface area contributed by atoms with Crippen LogP contribution in [-0.4, -0.2) is 20.1 Å². The first-order valence-electron chi connectivity index (χ1n) is 3.14. The molecular weight excluding hydrogens is 130 g/mol. The molecule has 0 saturated carbocycles. The van der Waals surface area contributed by atoms with Crippen LogP contribution < -0.4 is 0 Å². The normalized spacial score (nSPS) is 13.0. The lowest BCUT2D eigenvalue weighted by atomic mass is 10.3. The molecule has 0 radical (unpaired) electrons. The van der Waals surface area contributed by atoms with E-state index < -0.39 is 6.10 Å². The van der Waals surface area contributed by atoms with Crippen molar-refractivity contribution < 1.29 is 5.11 Å². The molecular formula is C6H9N3O. The van der Waals surface area contributed by atoms with Crippen LogP contribution in [0.5, 0.6) is 0 Å². The topological polar surface area (TPSA) is 58.9 Å². The highest BCUT2D eigenvalue weighted by molar-refractivity contribution is 4.85. The van der Waals surface area contributed by atoms with Crippen molar-refractivity contribution in [2.45, 2.75) is 19.4 Å². The first-order chi connectivity index (χ1) is 4.84. The van der Waals surface area contributed by atoms with E-state index in [4.69, 9.17) is 0 Å². The molecule has 0 aliphatic carbocycles. The minimum atomic E-state index is -0.553. The van der Waals surface area contributed by atoms with Gasteiger partial charge in [0.1, 0.15) is 18.8 Å². The highest BCUT2D eigenvalue weighted by Gasteiger charge is 2.05. The molecule has 0 amide bonds. The molecule has 1 atom stereocenters. The predicted molar refractivity (Wildman–Crippen MR) is 35.1 cm³/mol. The fraction of sp³-hybridized carbons (Fsp3) is 0.500. The fourth-order valence-corrected chi connectivity index (χ4v) is 0.603. The highest BCUT2D eigenvalue weighted by Crippen LogP contribution is 2.07. The summed E-state index contributed by atoms with van der Waals surface area (Å²) >= 11 is 0. The van der Waals surface area contributed by atoms with Crippen LogP contribution in [0.3, 0.4) is 0 Å². The monoisotopic (exact) mass is 139 g/mol. The van der Waals surface area contributed by atoms with Crippen LogP contribution in [0, 0.1) is 0 Å². The van der Waals surface area contributed by atoms with Gasteiger partial charge >= 0.3 is 0 Å². The number of nitrogens with zero attached hydrogens (tertiary/aromatic N) is 3. The Bertz CT molecular complexity index is 189. The van der Waals surface area contributed by atoms with E-state index in [0.29, 0.717) is 12.2 Å². The third-order valence-electron chi connectivity index (χ3n) is 1.20. The molecule has 0 aliphatic rings. The van der Waals surface area contributed by atoms with Gasteiger partial charge in [-0.05, 0) is 6.42 Å². The van der Waals surface area contributed by atoms with Crippen molar-refractivity contribution in [3.05, 3.63) is 18.5 Å². The van der Waals surface area contributed by atoms with Gasteiger partial charge in [-0.15, -0.1) is 0 Å². The van der Waals surface area contributed by atoms with E-state index in [1.807, 2.05) is 6.92 Å². The van der Waals surface area contributed by atoms with Crippen molar-refractivity contribution in [2.24, 2.45) is 0 Å². The predicted octanol–water partition coefficient (Wildman–Crippen LogP) is 0.315. The van der Waals surface area contributed by atoms with Crippen molar-refractivity contribution >= 4 is 0 Å². The molecule has 1 aromatic heterocycles. The summed E-state index contributed by atoms with van der Waals surface area (Å²) in [5.41, 5.74) is 0. The van der Waals surface area contributed by atoms with Crippen molar-refractivity contribution in [1.82, 2.24) is 15.0 Å². The molecule has 4 nitrogen and oxygen atoms in total. The van der Waals surface area contributed by atoms with Crippen LogP contribution in [-0.2, 0) is 0 Å². The van der Waals surface area contributed by atoms with Gasteiger partial charge in [0, 0.05) is 0 Å². The summed E-state index contributed by atoms with van der Waals surface area (Å²) in [4.78, 5) is 11.2. The van der Waals surface area contributed by atoms with E-state index in [9.17, 15) is 5.11 Å². The van der Waals surface area contributed by atoms with Crippen LogP contribution in [0.2, 0.25) is 0 Å². The van der Waals surface area contributed by atoms with Gasteiger partial charge in [0.25, 0.3) is 0 Å². The molecule has 4 heteroatoms. The molecule has 0 fully saturated rings. The average molecular weight is 139 g/mol. The quantitative estimate of drug-likeness (QED) is 0.640. The van der Waals surface area contributed by atoms with Crippen LogP contribution in [0.1, 0.15) is 25.3 Å². The summed E-state index contributed by atoms with van der Waals surface area (Å²) < 4.78 is 0. The van der Waals surface area contributed by atoms with Gasteiger partial charge in [-0.3, -0.25) is 0 Å². The van der Waals surface area contributed by atoms with Crippen molar-refractivity contribution in [1.29, 1.82) is 0 Å². The lowest BCUT2D eigenvalue weighted by Crippen LogP contribution is -2.01. The van der Waals surface area contributed by atoms with Crippen LogP contribution in [0.25, 0.3) is 0 Å². The standard InChI is InChI=1S/C6H9N3O/c1-2-5(10)6-8-3-7-4-9-6/h3-5,10H,2H2,1H3. The number of hydrogen-bond acceptors (Lipinski definition) is 4. The minimum absolute atomic E-state index is 0.442. The number of aliphatic hydroxyl groups is 1. The van der Waals surface area contributed by atoms with Gasteiger partial charge in [0.05, 0.1) is 0 Å². The Morgan fingerprint density at radius 1 is 1.50 bits per heavy atom. The van der Waals surface area contributed by atoms with Gasteiger partial charge in [-0.2, -0.15) is 0 Å². The molecule has 1 N–H and O–H groups in total. The fourth-order valence-electron chi connectivity index (χ4n) is 0.603. The van der Waals surface area contributed by atoms with Gasteiger partial charge < -0.3 is 5.11 Å². The van der Waals surface area contributed by atoms with Crippen LogP contribution in [0.4, 0.5) is 0 Å². The SMILES string of the molecule is CCC(O)c1ncncn1. The summed E-state index contributed by atoms with van der Waals surface area (Å²) in [7, 11) is 0. The smallest absolute Gasteiger partial charge is 0.160 e. The molecule has 54 valence electrons. The highest BCUT2D eigenvalue weighted by atomic mass is 16.3. The van der Waals surface area contributed by atoms with Crippen molar-refractivity contribution in [3.8, 4) is 0 Å². The molecule has 1 heterocycles. The van der Waals surface area contributed by atoms with E-state index in [1.165, 1.54) is 12.7 Å². The summed E-state index contributed by atoms with van der Waals surface area (Å²) in [6.45, 7) is 1.87. The zero-order valence-electron chi connectivity index (χ0n) is 5.73. The van der Waals surface area contributed by atoms with Gasteiger partial charge in [0.15, 0.2) is 5.82 Å². The first-order valence-corrected chi connectivity index (χ1v) is 3.14. The Morgan fingerprint density at radius 2 is 2.10 bits per heavy atom. The molecule has 10 heavy (non-hydrogen) atoms. The second-order valence-corrected chi connectivity index (χ2v) is 1.92. The summed E-state index contributed by atoms with van der Waals surface area (Å²) in [6, 6.07) is 0. The molecule has 1 rings (SSSR count). The maximum Gasteiger partial charge on any atom is 0.160 e. The Kier molecular flexibility index (Phi) is 2.28. The molecule has 0 aromatic carbocycles. The molecule has 0 spiro atoms. The molecule has 1 aromatic rings. The van der Waals surface area contributed by atoms with E-state index in [-0.39, 0.29) is 0 Å². The van der Waals surface area contributed by atoms with Gasteiger partial charge in [-0.25, -0.2) is 15.0 Å². The lowest BCUT2D eigenvalue weighted by molar-refractivity contribution is 0.163. The molecule has 0 aliphatic heterocycles. The summed E-state index contributed by atoms with van der Waals surface area (Å²) in [5, 5.41) is 9.18. The maximum atomic E-state index is 9.18. The third-order valence-corrected chi connectivity index (χ3v) is 1.20. The van der Waals surface area contributed by atoms with E-state index in [0.717, 1.165) is 0 Å². The Balaban J connectivity index is 2.75. The zero-order valence-corrected chi connectivity index (χ0v) is 5.73. The Labute approximate surface area is 59.0 Å². The lowest BCUT2D eigenvalue weighted by Gasteiger charge is -2.02. The summed E-state index contributed by atoms with van der Waals surface area (Å²) in [6.07, 6.45) is 2.83. The zero-order chi connectivity index (χ0) is 7.40. The maximum absolute atomic E-state index is 9.18. The van der Waals surface area contributed by atoms with Crippen LogP contribution >= 0.6 is 0 Å². The van der Waals surface area contributed by atoms with E-state index >= 15 is 0 Å². The first kappa shape index (κ1) is 7.08. The number of hydrogen-bond donors (Lipinski definition) is 1. The largest absolute Gasteiger partial charge is 0.385 e. The summed E-state index contributed by atoms with van der Waals surface area (Å²) in [5.74, 6) is 0.442. The number of aromatic nitrogens is 3.